The number of hydrogen-bond donors (Lipinski definition) is 2. The van der Waals surface area contributed by atoms with Gasteiger partial charge in [0, 0.05) is 31.4 Å². The van der Waals surface area contributed by atoms with Crippen molar-refractivity contribution in [1.82, 2.24) is 15.1 Å². The highest BCUT2D eigenvalue weighted by atomic mass is 35.5. The number of urea groups is 1. The van der Waals surface area contributed by atoms with Crippen LogP contribution in [0.1, 0.15) is 43.2 Å². The van der Waals surface area contributed by atoms with Gasteiger partial charge in [-0.2, -0.15) is 0 Å². The molecule has 0 aromatic heterocycles. The van der Waals surface area contributed by atoms with Gasteiger partial charge in [0.1, 0.15) is 0 Å². The molecule has 2 aliphatic rings. The quantitative estimate of drug-likeness (QED) is 0.798. The summed E-state index contributed by atoms with van der Waals surface area (Å²) in [6.07, 6.45) is 6.16. The van der Waals surface area contributed by atoms with Crippen LogP contribution in [0.25, 0.3) is 0 Å². The second-order valence-corrected chi connectivity index (χ2v) is 7.84. The van der Waals surface area contributed by atoms with Crippen LogP contribution in [0.5, 0.6) is 0 Å². The number of carbonyl (C=O) groups excluding carboxylic acids is 1. The number of rotatable bonds is 5. The molecule has 0 bridgehead atoms. The molecule has 1 unspecified atom stereocenters. The highest BCUT2D eigenvalue weighted by molar-refractivity contribution is 5.90. The molecule has 152 valence electrons. The van der Waals surface area contributed by atoms with E-state index in [1.54, 1.807) is 0 Å². The number of halogens is 1. The van der Waals surface area contributed by atoms with Crippen molar-refractivity contribution in [3.05, 3.63) is 29.3 Å². The lowest BCUT2D eigenvalue weighted by Gasteiger charge is -2.37. The van der Waals surface area contributed by atoms with Gasteiger partial charge in [0.2, 0.25) is 0 Å². The van der Waals surface area contributed by atoms with E-state index in [9.17, 15) is 4.79 Å². The molecule has 1 aromatic rings. The monoisotopic (exact) mass is 394 g/mol. The standard InChI is InChI=1S/C21H34N4O.ClH/c1-17-8-9-18(2)20(15-17)23-21(26)25(19-7-6-10-22-16-19)14-13-24-11-4-3-5-12-24;/h8-9,15,19,22H,3-7,10-14,16H2,1-2H3,(H,23,26);1H. The summed E-state index contributed by atoms with van der Waals surface area (Å²) in [5.74, 6) is 0. The molecule has 6 heteroatoms. The summed E-state index contributed by atoms with van der Waals surface area (Å²) < 4.78 is 0. The van der Waals surface area contributed by atoms with Crippen LogP contribution < -0.4 is 10.6 Å². The van der Waals surface area contributed by atoms with Crippen LogP contribution in [0, 0.1) is 13.8 Å². The Kier molecular flexibility index (Phi) is 8.87. The first-order valence-electron chi connectivity index (χ1n) is 10.2. The summed E-state index contributed by atoms with van der Waals surface area (Å²) in [6, 6.07) is 6.56. The predicted molar refractivity (Wildman–Crippen MR) is 115 cm³/mol. The molecular weight excluding hydrogens is 360 g/mol. The van der Waals surface area contributed by atoms with E-state index in [1.807, 2.05) is 0 Å². The first-order valence-corrected chi connectivity index (χ1v) is 10.2. The van der Waals surface area contributed by atoms with Crippen molar-refractivity contribution in [2.24, 2.45) is 0 Å². The molecule has 0 saturated carbocycles. The maximum absolute atomic E-state index is 13.1. The number of hydrogen-bond acceptors (Lipinski definition) is 3. The number of amides is 2. The summed E-state index contributed by atoms with van der Waals surface area (Å²) in [6.45, 7) is 10.2. The maximum Gasteiger partial charge on any atom is 0.322 e. The Morgan fingerprint density at radius 1 is 1.22 bits per heavy atom. The Morgan fingerprint density at radius 3 is 2.70 bits per heavy atom. The third kappa shape index (κ3) is 6.37. The van der Waals surface area contributed by atoms with E-state index in [1.165, 1.54) is 37.9 Å². The first-order chi connectivity index (χ1) is 12.6. The van der Waals surface area contributed by atoms with Crippen molar-refractivity contribution >= 4 is 24.1 Å². The fourth-order valence-electron chi connectivity index (χ4n) is 4.04. The summed E-state index contributed by atoms with van der Waals surface area (Å²) in [4.78, 5) is 17.7. The Balaban J connectivity index is 0.00000261. The number of likely N-dealkylation sites (tertiary alicyclic amines) is 1. The average Bonchev–Trinajstić information content (AvgIpc) is 2.66. The molecule has 5 nitrogen and oxygen atoms in total. The Hall–Kier alpha value is -1.30. The number of benzene rings is 1. The molecule has 0 spiro atoms. The van der Waals surface area contributed by atoms with Gasteiger partial charge in [-0.15, -0.1) is 12.4 Å². The number of piperidine rings is 2. The molecule has 2 aliphatic heterocycles. The molecule has 2 amide bonds. The fourth-order valence-corrected chi connectivity index (χ4v) is 4.04. The largest absolute Gasteiger partial charge is 0.322 e. The van der Waals surface area contributed by atoms with Crippen LogP contribution in [0.4, 0.5) is 10.5 Å². The van der Waals surface area contributed by atoms with Gasteiger partial charge in [0.25, 0.3) is 0 Å². The lowest BCUT2D eigenvalue weighted by Crippen LogP contribution is -2.52. The highest BCUT2D eigenvalue weighted by Crippen LogP contribution is 2.19. The van der Waals surface area contributed by atoms with Crippen LogP contribution in [0.15, 0.2) is 18.2 Å². The van der Waals surface area contributed by atoms with Gasteiger partial charge < -0.3 is 20.4 Å². The van der Waals surface area contributed by atoms with E-state index >= 15 is 0 Å². The van der Waals surface area contributed by atoms with Gasteiger partial charge in [-0.1, -0.05) is 18.6 Å². The molecule has 1 atom stereocenters. The Labute approximate surface area is 170 Å². The number of nitrogens with one attached hydrogen (secondary N) is 2. The minimum Gasteiger partial charge on any atom is -0.319 e. The van der Waals surface area contributed by atoms with Gasteiger partial charge in [0.05, 0.1) is 0 Å². The molecule has 0 radical (unpaired) electrons. The number of aryl methyl sites for hydroxylation is 2. The molecular formula is C21H35ClN4O. The van der Waals surface area contributed by atoms with Crippen LogP contribution >= 0.6 is 12.4 Å². The predicted octanol–water partition coefficient (Wildman–Crippen LogP) is 3.80. The number of nitrogens with zero attached hydrogens (tertiary/aromatic N) is 2. The van der Waals surface area contributed by atoms with Crippen molar-refractivity contribution in [2.45, 2.75) is 52.0 Å². The van der Waals surface area contributed by atoms with Gasteiger partial charge >= 0.3 is 6.03 Å². The smallest absolute Gasteiger partial charge is 0.319 e. The lowest BCUT2D eigenvalue weighted by molar-refractivity contribution is 0.148. The van der Waals surface area contributed by atoms with Gasteiger partial charge in [0.15, 0.2) is 0 Å². The molecule has 2 heterocycles. The van der Waals surface area contributed by atoms with Crippen molar-refractivity contribution in [2.75, 3.05) is 44.6 Å². The van der Waals surface area contributed by atoms with Crippen molar-refractivity contribution in [3.63, 3.8) is 0 Å². The lowest BCUT2D eigenvalue weighted by atomic mass is 10.1. The molecule has 27 heavy (non-hydrogen) atoms. The van der Waals surface area contributed by atoms with Crippen LogP contribution in [0.2, 0.25) is 0 Å². The summed E-state index contributed by atoms with van der Waals surface area (Å²) in [7, 11) is 0. The zero-order valence-corrected chi connectivity index (χ0v) is 17.6. The van der Waals surface area contributed by atoms with Crippen molar-refractivity contribution in [1.29, 1.82) is 0 Å². The Bertz CT molecular complexity index is 598. The molecule has 2 fully saturated rings. The Morgan fingerprint density at radius 2 is 2.00 bits per heavy atom. The molecule has 1 aromatic carbocycles. The SMILES string of the molecule is Cc1ccc(C)c(NC(=O)N(CCN2CCCCC2)C2CCCNC2)c1.Cl. The fraction of sp³-hybridized carbons (Fsp3) is 0.667. The normalized spacial score (nSPS) is 20.6. The molecule has 0 aliphatic carbocycles. The second-order valence-electron chi connectivity index (χ2n) is 7.84. The first kappa shape index (κ1) is 22.0. The van der Waals surface area contributed by atoms with Gasteiger partial charge in [-0.3, -0.25) is 0 Å². The van der Waals surface area contributed by atoms with Crippen LogP contribution in [-0.4, -0.2) is 61.1 Å². The third-order valence-electron chi connectivity index (χ3n) is 5.71. The van der Waals surface area contributed by atoms with E-state index in [4.69, 9.17) is 0 Å². The zero-order chi connectivity index (χ0) is 18.4. The maximum atomic E-state index is 13.1. The van der Waals surface area contributed by atoms with Crippen molar-refractivity contribution in [3.8, 4) is 0 Å². The molecule has 2 N–H and O–H groups in total. The van der Waals surface area contributed by atoms with E-state index in [2.05, 4.69) is 52.5 Å². The third-order valence-corrected chi connectivity index (χ3v) is 5.71. The minimum atomic E-state index is 0. The molecule has 3 rings (SSSR count). The van der Waals surface area contributed by atoms with Crippen LogP contribution in [-0.2, 0) is 0 Å². The second kappa shape index (κ2) is 10.9. The van der Waals surface area contributed by atoms with Gasteiger partial charge in [-0.25, -0.2) is 4.79 Å². The summed E-state index contributed by atoms with van der Waals surface area (Å²) in [5, 5.41) is 6.63. The average molecular weight is 395 g/mol. The van der Waals surface area contributed by atoms with Gasteiger partial charge in [-0.05, 0) is 76.4 Å². The van der Waals surface area contributed by atoms with E-state index < -0.39 is 0 Å². The minimum absolute atomic E-state index is 0. The van der Waals surface area contributed by atoms with Crippen LogP contribution in [0.3, 0.4) is 0 Å². The zero-order valence-electron chi connectivity index (χ0n) is 16.8. The number of carbonyl (C=O) groups is 1. The molecule has 2 saturated heterocycles. The van der Waals surface area contributed by atoms with E-state index in [0.717, 1.165) is 50.3 Å². The summed E-state index contributed by atoms with van der Waals surface area (Å²) in [5.41, 5.74) is 3.22. The summed E-state index contributed by atoms with van der Waals surface area (Å²) >= 11 is 0. The topological polar surface area (TPSA) is 47.6 Å². The van der Waals surface area contributed by atoms with Crippen molar-refractivity contribution < 1.29 is 4.79 Å². The highest BCUT2D eigenvalue weighted by Gasteiger charge is 2.26. The van der Waals surface area contributed by atoms with E-state index in [-0.39, 0.29) is 18.4 Å². The number of anilines is 1. The van der Waals surface area contributed by atoms with E-state index in [0.29, 0.717) is 6.04 Å².